The molecule has 0 bridgehead atoms. The van der Waals surface area contributed by atoms with Crippen molar-refractivity contribution in [3.8, 4) is 0 Å². The maximum absolute atomic E-state index is 9.34. The van der Waals surface area contributed by atoms with Crippen molar-refractivity contribution >= 4 is 0 Å². The highest BCUT2D eigenvalue weighted by Crippen LogP contribution is 2.21. The molecular formula is C12H27NO. The van der Waals surface area contributed by atoms with Crippen LogP contribution in [0.15, 0.2) is 0 Å². The van der Waals surface area contributed by atoms with E-state index in [-0.39, 0.29) is 12.0 Å². The summed E-state index contributed by atoms with van der Waals surface area (Å²) in [4.78, 5) is 2.43. The van der Waals surface area contributed by atoms with Gasteiger partial charge in [-0.2, -0.15) is 0 Å². The molecule has 0 spiro atoms. The molecule has 0 rings (SSSR count). The minimum atomic E-state index is 0.0743. The van der Waals surface area contributed by atoms with Gasteiger partial charge in [0, 0.05) is 25.1 Å². The van der Waals surface area contributed by atoms with E-state index in [1.54, 1.807) is 0 Å². The Morgan fingerprint density at radius 2 is 1.86 bits per heavy atom. The molecule has 1 atom stereocenters. The van der Waals surface area contributed by atoms with Gasteiger partial charge in [0.15, 0.2) is 0 Å². The zero-order valence-corrected chi connectivity index (χ0v) is 10.5. The van der Waals surface area contributed by atoms with E-state index in [2.05, 4.69) is 39.5 Å². The van der Waals surface area contributed by atoms with Crippen LogP contribution in [0.2, 0.25) is 0 Å². The summed E-state index contributed by atoms with van der Waals surface area (Å²) >= 11 is 0. The molecule has 0 radical (unpaired) electrons. The molecule has 0 aliphatic carbocycles. The third-order valence-corrected chi connectivity index (χ3v) is 2.91. The molecule has 0 amide bonds. The number of nitrogens with zero attached hydrogens (tertiary/aromatic N) is 1. The van der Waals surface area contributed by atoms with Gasteiger partial charge in [0.05, 0.1) is 0 Å². The second-order valence-corrected chi connectivity index (χ2v) is 5.04. The first-order valence-corrected chi connectivity index (χ1v) is 5.80. The van der Waals surface area contributed by atoms with Crippen molar-refractivity contribution in [2.45, 2.75) is 41.0 Å². The molecular weight excluding hydrogens is 174 g/mol. The highest BCUT2D eigenvalue weighted by molar-refractivity contribution is 4.76. The fourth-order valence-corrected chi connectivity index (χ4v) is 1.64. The van der Waals surface area contributed by atoms with Gasteiger partial charge in [-0.1, -0.05) is 34.6 Å². The van der Waals surface area contributed by atoms with Crippen molar-refractivity contribution in [2.24, 2.45) is 11.3 Å². The van der Waals surface area contributed by atoms with Gasteiger partial charge >= 0.3 is 0 Å². The molecule has 0 heterocycles. The van der Waals surface area contributed by atoms with E-state index in [1.807, 2.05) is 0 Å². The molecule has 0 aromatic rings. The highest BCUT2D eigenvalue weighted by Gasteiger charge is 2.23. The number of rotatable bonds is 7. The topological polar surface area (TPSA) is 23.5 Å². The lowest BCUT2D eigenvalue weighted by atomic mass is 9.88. The van der Waals surface area contributed by atoms with Crippen molar-refractivity contribution in [3.63, 3.8) is 0 Å². The standard InChI is InChI=1S/C12H27NO/c1-6-12(5,10-14)9-13(7-2)8-11(3)4/h11,14H,6-10H2,1-5H3. The zero-order valence-electron chi connectivity index (χ0n) is 10.5. The van der Waals surface area contributed by atoms with Crippen LogP contribution in [0.25, 0.3) is 0 Å². The third-order valence-electron chi connectivity index (χ3n) is 2.91. The zero-order chi connectivity index (χ0) is 11.2. The van der Waals surface area contributed by atoms with Crippen LogP contribution in [-0.4, -0.2) is 36.2 Å². The van der Waals surface area contributed by atoms with Crippen molar-refractivity contribution in [2.75, 3.05) is 26.2 Å². The Labute approximate surface area is 89.3 Å². The Bertz CT molecular complexity index is 141. The highest BCUT2D eigenvalue weighted by atomic mass is 16.3. The number of aliphatic hydroxyl groups excluding tert-OH is 1. The van der Waals surface area contributed by atoms with E-state index in [0.29, 0.717) is 5.92 Å². The second kappa shape index (κ2) is 6.41. The molecule has 14 heavy (non-hydrogen) atoms. The van der Waals surface area contributed by atoms with E-state index >= 15 is 0 Å². The van der Waals surface area contributed by atoms with E-state index in [1.165, 1.54) is 0 Å². The van der Waals surface area contributed by atoms with Gasteiger partial charge in [-0.25, -0.2) is 0 Å². The lowest BCUT2D eigenvalue weighted by Crippen LogP contribution is -2.39. The summed E-state index contributed by atoms with van der Waals surface area (Å²) in [5.74, 6) is 0.703. The largest absolute Gasteiger partial charge is 0.396 e. The maximum Gasteiger partial charge on any atom is 0.0496 e. The number of hydrogen-bond acceptors (Lipinski definition) is 2. The fraction of sp³-hybridized carbons (Fsp3) is 1.00. The molecule has 0 aromatic carbocycles. The predicted octanol–water partition coefficient (Wildman–Crippen LogP) is 2.37. The van der Waals surface area contributed by atoms with E-state index in [4.69, 9.17) is 0 Å². The van der Waals surface area contributed by atoms with Gasteiger partial charge in [-0.3, -0.25) is 0 Å². The smallest absolute Gasteiger partial charge is 0.0496 e. The molecule has 0 aliphatic rings. The summed E-state index contributed by atoms with van der Waals surface area (Å²) in [5, 5.41) is 9.34. The van der Waals surface area contributed by atoms with E-state index in [9.17, 15) is 5.11 Å². The Hall–Kier alpha value is -0.0800. The molecule has 0 aliphatic heterocycles. The first-order valence-electron chi connectivity index (χ1n) is 5.80. The van der Waals surface area contributed by atoms with E-state index < -0.39 is 0 Å². The molecule has 0 fully saturated rings. The summed E-state index contributed by atoms with van der Waals surface area (Å²) in [6, 6.07) is 0. The molecule has 1 N–H and O–H groups in total. The predicted molar refractivity (Wildman–Crippen MR) is 62.4 cm³/mol. The first-order chi connectivity index (χ1) is 6.47. The normalized spacial score (nSPS) is 16.3. The van der Waals surface area contributed by atoms with Crippen LogP contribution in [0.1, 0.15) is 41.0 Å². The average Bonchev–Trinajstić information content (AvgIpc) is 2.16. The van der Waals surface area contributed by atoms with Crippen LogP contribution in [-0.2, 0) is 0 Å². The van der Waals surface area contributed by atoms with Crippen LogP contribution in [0.3, 0.4) is 0 Å². The second-order valence-electron chi connectivity index (χ2n) is 5.04. The Morgan fingerprint density at radius 1 is 1.29 bits per heavy atom. The van der Waals surface area contributed by atoms with Crippen molar-refractivity contribution in [1.82, 2.24) is 4.90 Å². The van der Waals surface area contributed by atoms with Crippen molar-refractivity contribution in [3.05, 3.63) is 0 Å². The van der Waals surface area contributed by atoms with Gasteiger partial charge in [0.25, 0.3) is 0 Å². The quantitative estimate of drug-likeness (QED) is 0.683. The van der Waals surface area contributed by atoms with Crippen LogP contribution >= 0.6 is 0 Å². The molecule has 2 heteroatoms. The van der Waals surface area contributed by atoms with Gasteiger partial charge in [0.1, 0.15) is 0 Å². The molecule has 2 nitrogen and oxygen atoms in total. The summed E-state index contributed by atoms with van der Waals surface area (Å²) in [7, 11) is 0. The number of hydrogen-bond donors (Lipinski definition) is 1. The summed E-state index contributed by atoms with van der Waals surface area (Å²) < 4.78 is 0. The average molecular weight is 201 g/mol. The van der Waals surface area contributed by atoms with Crippen LogP contribution in [0.5, 0.6) is 0 Å². The monoisotopic (exact) mass is 201 g/mol. The lowest BCUT2D eigenvalue weighted by molar-refractivity contribution is 0.0816. The summed E-state index contributed by atoms with van der Waals surface area (Å²) in [6.45, 7) is 14.5. The van der Waals surface area contributed by atoms with Crippen LogP contribution in [0, 0.1) is 11.3 Å². The third kappa shape index (κ3) is 4.97. The van der Waals surface area contributed by atoms with Crippen LogP contribution in [0.4, 0.5) is 0 Å². The Morgan fingerprint density at radius 3 is 2.14 bits per heavy atom. The molecule has 0 aromatic heterocycles. The molecule has 1 unspecified atom stereocenters. The minimum absolute atomic E-state index is 0.0743. The van der Waals surface area contributed by atoms with Gasteiger partial charge in [0.2, 0.25) is 0 Å². The van der Waals surface area contributed by atoms with E-state index in [0.717, 1.165) is 26.1 Å². The van der Waals surface area contributed by atoms with Gasteiger partial charge in [-0.05, 0) is 18.9 Å². The molecule has 86 valence electrons. The SMILES string of the molecule is CCN(CC(C)C)CC(C)(CC)CO. The van der Waals surface area contributed by atoms with Crippen molar-refractivity contribution < 1.29 is 5.11 Å². The lowest BCUT2D eigenvalue weighted by Gasteiger charge is -2.33. The van der Waals surface area contributed by atoms with Gasteiger partial charge in [-0.15, -0.1) is 0 Å². The van der Waals surface area contributed by atoms with Gasteiger partial charge < -0.3 is 10.0 Å². The summed E-state index contributed by atoms with van der Waals surface area (Å²) in [6.07, 6.45) is 1.04. The minimum Gasteiger partial charge on any atom is -0.396 e. The molecule has 0 saturated heterocycles. The Kier molecular flexibility index (Phi) is 6.38. The maximum atomic E-state index is 9.34. The van der Waals surface area contributed by atoms with Crippen LogP contribution < -0.4 is 0 Å². The molecule has 0 saturated carbocycles. The fourth-order valence-electron chi connectivity index (χ4n) is 1.64. The summed E-state index contributed by atoms with van der Waals surface area (Å²) in [5.41, 5.74) is 0.0743. The van der Waals surface area contributed by atoms with Crippen molar-refractivity contribution in [1.29, 1.82) is 0 Å². The number of aliphatic hydroxyl groups is 1. The Balaban J connectivity index is 4.14. The first kappa shape index (κ1) is 13.9.